The van der Waals surface area contributed by atoms with Crippen LogP contribution < -0.4 is 15.4 Å². The number of hydrogen-bond acceptors (Lipinski definition) is 3. The van der Waals surface area contributed by atoms with Gasteiger partial charge in [0.05, 0.1) is 12.2 Å². The minimum Gasteiger partial charge on any atom is -0.486 e. The number of fused-ring (bicyclic) bond motifs is 1. The van der Waals surface area contributed by atoms with Gasteiger partial charge in [0.25, 0.3) is 0 Å². The van der Waals surface area contributed by atoms with E-state index in [9.17, 15) is 0 Å². The van der Waals surface area contributed by atoms with Gasteiger partial charge < -0.3 is 15.4 Å². The summed E-state index contributed by atoms with van der Waals surface area (Å²) in [4.78, 5) is 2.28. The summed E-state index contributed by atoms with van der Waals surface area (Å²) in [5.74, 6) is 1.37. The van der Waals surface area contributed by atoms with E-state index < -0.39 is 0 Å². The summed E-state index contributed by atoms with van der Waals surface area (Å²) in [5, 5.41) is 0. The van der Waals surface area contributed by atoms with Crippen molar-refractivity contribution in [1.29, 1.82) is 0 Å². The molecule has 3 nitrogen and oxygen atoms in total. The fourth-order valence-corrected chi connectivity index (χ4v) is 2.30. The molecule has 0 aromatic heterocycles. The second kappa shape index (κ2) is 4.92. The third-order valence-electron chi connectivity index (χ3n) is 3.23. The number of ether oxygens (including phenoxy) is 1. The van der Waals surface area contributed by atoms with Crippen molar-refractivity contribution in [3.05, 3.63) is 30.4 Å². The van der Waals surface area contributed by atoms with Gasteiger partial charge in [-0.1, -0.05) is 32.1 Å². The smallest absolute Gasteiger partial charge is 0.145 e. The van der Waals surface area contributed by atoms with Crippen molar-refractivity contribution in [3.63, 3.8) is 0 Å². The van der Waals surface area contributed by atoms with E-state index in [-0.39, 0.29) is 6.10 Å². The molecule has 0 aliphatic carbocycles. The van der Waals surface area contributed by atoms with Crippen molar-refractivity contribution in [2.75, 3.05) is 23.7 Å². The number of hydrogen-bond donors (Lipinski definition) is 1. The molecule has 3 heteroatoms. The van der Waals surface area contributed by atoms with Gasteiger partial charge in [-0.2, -0.15) is 0 Å². The van der Waals surface area contributed by atoms with Crippen LogP contribution in [0.2, 0.25) is 0 Å². The molecule has 1 aromatic carbocycles. The predicted octanol–water partition coefficient (Wildman–Crippen LogP) is 3.07. The summed E-state index contributed by atoms with van der Waals surface area (Å²) in [5.41, 5.74) is 9.00. The Morgan fingerprint density at radius 3 is 2.89 bits per heavy atom. The van der Waals surface area contributed by atoms with Gasteiger partial charge in [0.1, 0.15) is 17.5 Å². The molecule has 1 aromatic rings. The summed E-state index contributed by atoms with van der Waals surface area (Å²) in [6.07, 6.45) is 0.207. The lowest BCUT2D eigenvalue weighted by atomic mass is 10.0. The first-order valence-corrected chi connectivity index (χ1v) is 6.43. The maximum atomic E-state index is 6.08. The van der Waals surface area contributed by atoms with Gasteiger partial charge in [0, 0.05) is 6.54 Å². The largest absolute Gasteiger partial charge is 0.486 e. The van der Waals surface area contributed by atoms with Crippen LogP contribution in [0.25, 0.3) is 0 Å². The first kappa shape index (κ1) is 12.8. The second-order valence-corrected chi connectivity index (χ2v) is 5.43. The Morgan fingerprint density at radius 2 is 2.28 bits per heavy atom. The van der Waals surface area contributed by atoms with Crippen molar-refractivity contribution in [2.24, 2.45) is 5.92 Å². The van der Waals surface area contributed by atoms with E-state index in [0.29, 0.717) is 5.92 Å². The average Bonchev–Trinajstić information content (AvgIpc) is 2.27. The molecule has 1 aliphatic rings. The molecule has 0 amide bonds. The molecular weight excluding hydrogens is 224 g/mol. The van der Waals surface area contributed by atoms with Crippen LogP contribution in [-0.4, -0.2) is 19.2 Å². The maximum absolute atomic E-state index is 6.08. The van der Waals surface area contributed by atoms with Crippen LogP contribution in [0, 0.1) is 5.92 Å². The molecule has 1 unspecified atom stereocenters. The Kier molecular flexibility index (Phi) is 3.50. The van der Waals surface area contributed by atoms with Crippen LogP contribution in [0.1, 0.15) is 20.8 Å². The van der Waals surface area contributed by atoms with Gasteiger partial charge in [-0.25, -0.2) is 0 Å². The number of para-hydroxylation sites is 1. The molecule has 2 rings (SSSR count). The van der Waals surface area contributed by atoms with E-state index in [1.54, 1.807) is 0 Å². The highest BCUT2D eigenvalue weighted by atomic mass is 16.5. The Balaban J connectivity index is 2.37. The molecule has 1 atom stereocenters. The lowest BCUT2D eigenvalue weighted by Gasteiger charge is -2.38. The fraction of sp³-hybridized carbons (Fsp3) is 0.467. The molecule has 0 bridgehead atoms. The van der Waals surface area contributed by atoms with Crippen molar-refractivity contribution >= 4 is 11.4 Å². The van der Waals surface area contributed by atoms with E-state index in [4.69, 9.17) is 10.5 Å². The van der Waals surface area contributed by atoms with Gasteiger partial charge in [-0.3, -0.25) is 0 Å². The molecule has 0 spiro atoms. The zero-order valence-corrected chi connectivity index (χ0v) is 11.4. The van der Waals surface area contributed by atoms with Crippen LogP contribution in [0.5, 0.6) is 5.75 Å². The van der Waals surface area contributed by atoms with Gasteiger partial charge in [-0.05, 0) is 25.0 Å². The van der Waals surface area contributed by atoms with E-state index in [1.807, 2.05) is 25.1 Å². The average molecular weight is 246 g/mol. The highest BCUT2D eigenvalue weighted by molar-refractivity contribution is 5.76. The zero-order chi connectivity index (χ0) is 13.3. The quantitative estimate of drug-likeness (QED) is 0.658. The van der Waals surface area contributed by atoms with E-state index in [2.05, 4.69) is 25.3 Å². The van der Waals surface area contributed by atoms with Crippen LogP contribution >= 0.6 is 0 Å². The number of nitrogens with two attached hydrogens (primary N) is 1. The van der Waals surface area contributed by atoms with E-state index in [0.717, 1.165) is 35.8 Å². The zero-order valence-electron chi connectivity index (χ0n) is 11.4. The molecule has 1 heterocycles. The third kappa shape index (κ3) is 2.45. The Hall–Kier alpha value is -1.64. The Bertz CT molecular complexity index is 454. The number of rotatable bonds is 3. The van der Waals surface area contributed by atoms with Crippen LogP contribution in [0.4, 0.5) is 11.4 Å². The molecule has 0 fully saturated rings. The highest BCUT2D eigenvalue weighted by Gasteiger charge is 2.28. The molecule has 0 saturated heterocycles. The lowest BCUT2D eigenvalue weighted by Crippen LogP contribution is -2.43. The van der Waals surface area contributed by atoms with Crippen molar-refractivity contribution < 1.29 is 4.74 Å². The van der Waals surface area contributed by atoms with Crippen LogP contribution in [-0.2, 0) is 0 Å². The van der Waals surface area contributed by atoms with E-state index >= 15 is 0 Å². The van der Waals surface area contributed by atoms with Crippen molar-refractivity contribution in [2.45, 2.75) is 26.9 Å². The summed E-state index contributed by atoms with van der Waals surface area (Å²) in [7, 11) is 0. The molecule has 1 aliphatic heterocycles. The third-order valence-corrected chi connectivity index (χ3v) is 3.23. The predicted molar refractivity (Wildman–Crippen MR) is 77.1 cm³/mol. The maximum Gasteiger partial charge on any atom is 0.145 e. The number of anilines is 2. The van der Waals surface area contributed by atoms with E-state index in [1.165, 1.54) is 0 Å². The summed E-state index contributed by atoms with van der Waals surface area (Å²) in [6, 6.07) is 5.85. The minimum atomic E-state index is 0.207. The Labute approximate surface area is 109 Å². The first-order valence-electron chi connectivity index (χ1n) is 6.43. The van der Waals surface area contributed by atoms with Crippen LogP contribution in [0.3, 0.4) is 0 Å². The minimum absolute atomic E-state index is 0.207. The van der Waals surface area contributed by atoms with Crippen LogP contribution in [0.15, 0.2) is 30.4 Å². The standard InChI is InChI=1S/C15H22N2O/c1-10(2)8-17-9-14(11(3)4)18-13-7-5-6-12(16)15(13)17/h5-7,11,14H,1,8-9,16H2,2-4H3. The Morgan fingerprint density at radius 1 is 1.56 bits per heavy atom. The topological polar surface area (TPSA) is 38.5 Å². The summed E-state index contributed by atoms with van der Waals surface area (Å²) in [6.45, 7) is 12.1. The molecule has 0 saturated carbocycles. The van der Waals surface area contributed by atoms with Gasteiger partial charge in [0.15, 0.2) is 0 Å². The molecule has 18 heavy (non-hydrogen) atoms. The van der Waals surface area contributed by atoms with Gasteiger partial charge in [-0.15, -0.1) is 0 Å². The number of nitrogen functional groups attached to an aromatic ring is 1. The summed E-state index contributed by atoms with van der Waals surface area (Å²) < 4.78 is 6.03. The van der Waals surface area contributed by atoms with Crippen molar-refractivity contribution in [1.82, 2.24) is 0 Å². The number of benzene rings is 1. The summed E-state index contributed by atoms with van der Waals surface area (Å²) >= 11 is 0. The lowest BCUT2D eigenvalue weighted by molar-refractivity contribution is 0.146. The SMILES string of the molecule is C=C(C)CN1CC(C(C)C)Oc2cccc(N)c21. The van der Waals surface area contributed by atoms with Crippen molar-refractivity contribution in [3.8, 4) is 5.75 Å². The first-order chi connectivity index (χ1) is 8.49. The van der Waals surface area contributed by atoms with Gasteiger partial charge >= 0.3 is 0 Å². The normalized spacial score (nSPS) is 18.4. The molecule has 0 radical (unpaired) electrons. The molecule has 2 N–H and O–H groups in total. The molecule has 98 valence electrons. The fourth-order valence-electron chi connectivity index (χ4n) is 2.30. The number of nitrogens with zero attached hydrogens (tertiary/aromatic N) is 1. The monoisotopic (exact) mass is 246 g/mol. The highest BCUT2D eigenvalue weighted by Crippen LogP contribution is 2.39. The molecular formula is C15H22N2O. The second-order valence-electron chi connectivity index (χ2n) is 5.43. The van der Waals surface area contributed by atoms with Gasteiger partial charge in [0.2, 0.25) is 0 Å².